The lowest BCUT2D eigenvalue weighted by Gasteiger charge is -2.11. The summed E-state index contributed by atoms with van der Waals surface area (Å²) in [5.74, 6) is -0.972. The number of halogens is 2. The Morgan fingerprint density at radius 2 is 1.63 bits per heavy atom. The van der Waals surface area contributed by atoms with Crippen LogP contribution in [0.15, 0.2) is 86.8 Å². The van der Waals surface area contributed by atoms with E-state index in [4.69, 9.17) is 4.74 Å². The normalized spacial score (nSPS) is 11.8. The Morgan fingerprint density at radius 1 is 1.00 bits per heavy atom. The van der Waals surface area contributed by atoms with Crippen LogP contribution >= 0.6 is 31.9 Å². The molecule has 0 unspecified atom stereocenters. The Kier molecular flexibility index (Phi) is 7.51. The zero-order valence-electron chi connectivity index (χ0n) is 15.5. The van der Waals surface area contributed by atoms with Crippen LogP contribution in [0.5, 0.6) is 5.75 Å². The van der Waals surface area contributed by atoms with Gasteiger partial charge in [0, 0.05) is 10.0 Å². The molecular formula is C22H16Br2N2O4. The molecule has 0 spiro atoms. The second kappa shape index (κ2) is 10.3. The number of hydrazone groups is 1. The summed E-state index contributed by atoms with van der Waals surface area (Å²) in [6.07, 6.45) is -0.0216. The highest BCUT2D eigenvalue weighted by Gasteiger charge is 2.17. The van der Waals surface area contributed by atoms with Crippen molar-refractivity contribution in [3.05, 3.63) is 98.4 Å². The largest absolute Gasteiger partial charge is 0.421 e. The van der Waals surface area contributed by atoms with Crippen LogP contribution in [-0.4, -0.2) is 23.2 Å². The van der Waals surface area contributed by atoms with E-state index < -0.39 is 18.0 Å². The Labute approximate surface area is 189 Å². The van der Waals surface area contributed by atoms with Crippen molar-refractivity contribution in [1.29, 1.82) is 0 Å². The van der Waals surface area contributed by atoms with Gasteiger partial charge in [0.15, 0.2) is 11.9 Å². The molecule has 0 saturated carbocycles. The Hall–Kier alpha value is -2.81. The van der Waals surface area contributed by atoms with Gasteiger partial charge in [-0.1, -0.05) is 64.5 Å². The molecule has 0 radical (unpaired) electrons. The van der Waals surface area contributed by atoms with Gasteiger partial charge in [0.05, 0.1) is 16.3 Å². The van der Waals surface area contributed by atoms with Gasteiger partial charge in [-0.2, -0.15) is 5.10 Å². The van der Waals surface area contributed by atoms with E-state index in [2.05, 4.69) is 42.4 Å². The first-order valence-corrected chi connectivity index (χ1v) is 10.4. The lowest BCUT2D eigenvalue weighted by Crippen LogP contribution is -2.25. The number of aliphatic hydroxyl groups excluding tert-OH is 1. The number of nitrogens with zero attached hydrogens (tertiary/aromatic N) is 1. The van der Waals surface area contributed by atoms with Gasteiger partial charge in [-0.15, -0.1) is 0 Å². The summed E-state index contributed by atoms with van der Waals surface area (Å²) in [7, 11) is 0. The van der Waals surface area contributed by atoms with Gasteiger partial charge in [0.1, 0.15) is 0 Å². The van der Waals surface area contributed by atoms with E-state index in [0.29, 0.717) is 25.6 Å². The van der Waals surface area contributed by atoms with Gasteiger partial charge >= 0.3 is 5.97 Å². The number of ether oxygens (including phenoxy) is 1. The van der Waals surface area contributed by atoms with Gasteiger partial charge in [-0.05, 0) is 45.8 Å². The van der Waals surface area contributed by atoms with Crippen molar-refractivity contribution in [3.8, 4) is 5.75 Å². The summed E-state index contributed by atoms with van der Waals surface area (Å²) >= 11 is 6.75. The van der Waals surface area contributed by atoms with Gasteiger partial charge in [0.2, 0.25) is 0 Å². The topological polar surface area (TPSA) is 88.0 Å². The zero-order valence-corrected chi connectivity index (χ0v) is 18.6. The molecule has 0 aliphatic heterocycles. The van der Waals surface area contributed by atoms with Crippen LogP contribution in [0.4, 0.5) is 0 Å². The molecule has 3 aromatic rings. The minimum atomic E-state index is -1.35. The maximum Gasteiger partial charge on any atom is 0.343 e. The molecule has 1 amide bonds. The maximum absolute atomic E-state index is 12.4. The monoisotopic (exact) mass is 530 g/mol. The smallest absolute Gasteiger partial charge is 0.343 e. The predicted octanol–water partition coefficient (Wildman–Crippen LogP) is 4.61. The standard InChI is InChI=1S/C22H16Br2N2O4/c23-17-11-16(13-25-26-21(28)19(27)14-7-3-1-4-8-14)20(18(24)12-17)30-22(29)15-9-5-2-6-10-15/h1-13,19,27H,(H,26,28)/b25-13-/t19-/m1/s1. The lowest BCUT2D eigenvalue weighted by atomic mass is 10.1. The third-order valence-electron chi connectivity index (χ3n) is 3.98. The molecule has 3 aromatic carbocycles. The second-order valence-corrected chi connectivity index (χ2v) is 7.88. The fraction of sp³-hybridized carbons (Fsp3) is 0.0455. The Bertz CT molecular complexity index is 1070. The molecule has 0 bridgehead atoms. The number of rotatable bonds is 6. The number of nitrogens with one attached hydrogen (secondary N) is 1. The summed E-state index contributed by atoms with van der Waals surface area (Å²) in [6.45, 7) is 0. The van der Waals surface area contributed by atoms with Crippen LogP contribution in [-0.2, 0) is 4.79 Å². The lowest BCUT2D eigenvalue weighted by molar-refractivity contribution is -0.129. The average molecular weight is 532 g/mol. The van der Waals surface area contributed by atoms with Gasteiger partial charge in [-0.25, -0.2) is 10.2 Å². The highest BCUT2D eigenvalue weighted by Crippen LogP contribution is 2.32. The minimum Gasteiger partial charge on any atom is -0.421 e. The Balaban J connectivity index is 1.76. The van der Waals surface area contributed by atoms with Crippen molar-refractivity contribution in [2.45, 2.75) is 6.10 Å². The molecule has 0 heterocycles. The van der Waals surface area contributed by atoms with Crippen LogP contribution in [0.1, 0.15) is 27.6 Å². The molecule has 3 rings (SSSR count). The van der Waals surface area contributed by atoms with Crippen LogP contribution in [0.2, 0.25) is 0 Å². The number of carbonyl (C=O) groups excluding carboxylic acids is 2. The van der Waals surface area contributed by atoms with E-state index in [9.17, 15) is 14.7 Å². The molecule has 0 aliphatic rings. The van der Waals surface area contributed by atoms with Gasteiger partial charge in [-0.3, -0.25) is 4.79 Å². The van der Waals surface area contributed by atoms with Crippen LogP contribution in [0.3, 0.4) is 0 Å². The van der Waals surface area contributed by atoms with E-state index in [0.717, 1.165) is 0 Å². The SMILES string of the molecule is O=C(Oc1c(Br)cc(Br)cc1/C=N\NC(=O)[C@H](O)c1ccccc1)c1ccccc1. The quantitative estimate of drug-likeness (QED) is 0.210. The number of benzene rings is 3. The van der Waals surface area contributed by atoms with E-state index in [1.165, 1.54) is 6.21 Å². The summed E-state index contributed by atoms with van der Waals surface area (Å²) in [5, 5.41) is 14.0. The first kappa shape index (κ1) is 21.9. The van der Waals surface area contributed by atoms with Crippen molar-refractivity contribution >= 4 is 50.0 Å². The van der Waals surface area contributed by atoms with Crippen molar-refractivity contribution in [1.82, 2.24) is 5.43 Å². The van der Waals surface area contributed by atoms with E-state index in [1.54, 1.807) is 72.8 Å². The van der Waals surface area contributed by atoms with E-state index in [1.807, 2.05) is 0 Å². The van der Waals surface area contributed by atoms with Crippen molar-refractivity contribution in [2.75, 3.05) is 0 Å². The highest BCUT2D eigenvalue weighted by atomic mass is 79.9. The molecule has 6 nitrogen and oxygen atoms in total. The first-order valence-electron chi connectivity index (χ1n) is 8.78. The molecule has 0 fully saturated rings. The third-order valence-corrected chi connectivity index (χ3v) is 5.03. The van der Waals surface area contributed by atoms with Gasteiger partial charge < -0.3 is 9.84 Å². The average Bonchev–Trinajstić information content (AvgIpc) is 2.76. The molecule has 0 saturated heterocycles. The molecule has 0 aromatic heterocycles. The van der Waals surface area contributed by atoms with Crippen LogP contribution < -0.4 is 10.2 Å². The third kappa shape index (κ3) is 5.63. The summed E-state index contributed by atoms with van der Waals surface area (Å²) in [4.78, 5) is 24.6. The van der Waals surface area contributed by atoms with Crippen LogP contribution in [0.25, 0.3) is 0 Å². The number of amides is 1. The number of carbonyl (C=O) groups is 2. The molecule has 0 aliphatic carbocycles. The van der Waals surface area contributed by atoms with E-state index >= 15 is 0 Å². The highest BCUT2D eigenvalue weighted by molar-refractivity contribution is 9.11. The summed E-state index contributed by atoms with van der Waals surface area (Å²) < 4.78 is 6.77. The predicted molar refractivity (Wildman–Crippen MR) is 120 cm³/mol. The Morgan fingerprint density at radius 3 is 2.30 bits per heavy atom. The first-order chi connectivity index (χ1) is 14.5. The minimum absolute atomic E-state index is 0.244. The van der Waals surface area contributed by atoms with E-state index in [-0.39, 0.29) is 5.75 Å². The number of aliphatic hydroxyl groups is 1. The number of esters is 1. The summed E-state index contributed by atoms with van der Waals surface area (Å²) in [5.41, 5.74) is 3.58. The van der Waals surface area contributed by atoms with Crippen molar-refractivity contribution in [3.63, 3.8) is 0 Å². The maximum atomic E-state index is 12.4. The molecule has 2 N–H and O–H groups in total. The second-order valence-electron chi connectivity index (χ2n) is 6.11. The molecule has 152 valence electrons. The molecule has 30 heavy (non-hydrogen) atoms. The molecular weight excluding hydrogens is 516 g/mol. The van der Waals surface area contributed by atoms with Crippen molar-refractivity contribution < 1.29 is 19.4 Å². The molecule has 8 heteroatoms. The van der Waals surface area contributed by atoms with Crippen molar-refractivity contribution in [2.24, 2.45) is 5.10 Å². The zero-order chi connectivity index (χ0) is 21.5. The summed E-state index contributed by atoms with van der Waals surface area (Å²) in [6, 6.07) is 20.5. The number of hydrogen-bond acceptors (Lipinski definition) is 5. The number of hydrogen-bond donors (Lipinski definition) is 2. The fourth-order valence-electron chi connectivity index (χ4n) is 2.52. The molecule has 1 atom stereocenters. The fourth-order valence-corrected chi connectivity index (χ4v) is 3.86. The van der Waals surface area contributed by atoms with Crippen LogP contribution in [0, 0.1) is 0 Å². The van der Waals surface area contributed by atoms with Gasteiger partial charge in [0.25, 0.3) is 5.91 Å².